The van der Waals surface area contributed by atoms with Gasteiger partial charge in [0.25, 0.3) is 11.2 Å². The van der Waals surface area contributed by atoms with Crippen LogP contribution in [0.3, 0.4) is 0 Å². The van der Waals surface area contributed by atoms with Crippen LogP contribution in [0.5, 0.6) is 0 Å². The third-order valence-electron chi connectivity index (χ3n) is 3.41. The Labute approximate surface area is 133 Å². The molecule has 3 aromatic rings. The van der Waals surface area contributed by atoms with E-state index in [9.17, 15) is 19.3 Å². The second-order valence-corrected chi connectivity index (χ2v) is 5.24. The summed E-state index contributed by atoms with van der Waals surface area (Å²) in [7, 11) is 0. The maximum Gasteiger partial charge on any atom is 0.271 e. The van der Waals surface area contributed by atoms with E-state index in [1.807, 2.05) is 0 Å². The largest absolute Gasteiger partial charge is 0.294 e. The van der Waals surface area contributed by atoms with Crippen LogP contribution in [0.1, 0.15) is 5.56 Å². The molecule has 0 aliphatic rings. The Hall–Kier alpha value is -2.80. The third kappa shape index (κ3) is 2.78. The Morgan fingerprint density at radius 2 is 2.09 bits per heavy atom. The van der Waals surface area contributed by atoms with Crippen LogP contribution in [0.25, 0.3) is 10.9 Å². The summed E-state index contributed by atoms with van der Waals surface area (Å²) >= 11 is 5.95. The average molecular weight is 334 g/mol. The van der Waals surface area contributed by atoms with Crippen molar-refractivity contribution in [3.05, 3.63) is 79.6 Å². The highest BCUT2D eigenvalue weighted by atomic mass is 35.5. The minimum absolute atomic E-state index is 0.0791. The van der Waals surface area contributed by atoms with E-state index in [0.717, 1.165) is 0 Å². The van der Waals surface area contributed by atoms with Gasteiger partial charge in [0, 0.05) is 22.7 Å². The first-order valence-electron chi connectivity index (χ1n) is 6.54. The van der Waals surface area contributed by atoms with Crippen molar-refractivity contribution in [2.45, 2.75) is 6.54 Å². The molecule has 0 radical (unpaired) electrons. The van der Waals surface area contributed by atoms with Gasteiger partial charge in [0.1, 0.15) is 5.82 Å². The molecule has 0 aliphatic heterocycles. The number of hydrogen-bond acceptors (Lipinski definition) is 4. The molecule has 6 nitrogen and oxygen atoms in total. The van der Waals surface area contributed by atoms with Gasteiger partial charge in [-0.15, -0.1) is 0 Å². The highest BCUT2D eigenvalue weighted by Crippen LogP contribution is 2.20. The number of halogens is 2. The van der Waals surface area contributed by atoms with Gasteiger partial charge < -0.3 is 0 Å². The molecular weight excluding hydrogens is 325 g/mol. The van der Waals surface area contributed by atoms with Crippen LogP contribution >= 0.6 is 11.6 Å². The Balaban J connectivity index is 2.10. The molecule has 2 aromatic carbocycles. The first kappa shape index (κ1) is 15.1. The summed E-state index contributed by atoms with van der Waals surface area (Å²) in [5.74, 6) is -0.520. The molecule has 1 aromatic heterocycles. The van der Waals surface area contributed by atoms with E-state index in [1.165, 1.54) is 47.3 Å². The Morgan fingerprint density at radius 1 is 1.30 bits per heavy atom. The zero-order chi connectivity index (χ0) is 16.6. The van der Waals surface area contributed by atoms with Crippen LogP contribution in [0.2, 0.25) is 5.02 Å². The summed E-state index contributed by atoms with van der Waals surface area (Å²) < 4.78 is 15.0. The molecule has 0 fully saturated rings. The predicted molar refractivity (Wildman–Crippen MR) is 83.2 cm³/mol. The summed E-state index contributed by atoms with van der Waals surface area (Å²) in [5.41, 5.74) is -0.192. The van der Waals surface area contributed by atoms with Gasteiger partial charge in [-0.2, -0.15) is 0 Å². The SMILES string of the molecule is O=c1c2ccc([N+](=O)[O-])cc2ncn1Cc1c(F)cccc1Cl. The number of nitrogens with zero attached hydrogens (tertiary/aromatic N) is 3. The standard InChI is InChI=1S/C15H9ClFN3O3/c16-12-2-1-3-13(17)11(12)7-19-8-18-14-6-9(20(22)23)4-5-10(14)15(19)21/h1-6,8H,7H2. The number of rotatable bonds is 3. The van der Waals surface area contributed by atoms with Crippen molar-refractivity contribution in [3.8, 4) is 0 Å². The van der Waals surface area contributed by atoms with Crippen molar-refractivity contribution in [3.63, 3.8) is 0 Å². The van der Waals surface area contributed by atoms with Gasteiger partial charge in [-0.3, -0.25) is 19.5 Å². The number of fused-ring (bicyclic) bond motifs is 1. The predicted octanol–water partition coefficient (Wildman–Crippen LogP) is 3.15. The molecule has 3 rings (SSSR count). The third-order valence-corrected chi connectivity index (χ3v) is 3.76. The van der Waals surface area contributed by atoms with Crippen LogP contribution in [-0.2, 0) is 6.54 Å². The quantitative estimate of drug-likeness (QED) is 0.545. The molecule has 0 N–H and O–H groups in total. The number of non-ortho nitro benzene ring substituents is 1. The molecule has 0 saturated heterocycles. The van der Waals surface area contributed by atoms with E-state index in [2.05, 4.69) is 4.98 Å². The average Bonchev–Trinajstić information content (AvgIpc) is 2.52. The van der Waals surface area contributed by atoms with E-state index in [0.29, 0.717) is 0 Å². The normalized spacial score (nSPS) is 10.9. The topological polar surface area (TPSA) is 78.0 Å². The summed E-state index contributed by atoms with van der Waals surface area (Å²) in [4.78, 5) is 26.6. The fraction of sp³-hybridized carbons (Fsp3) is 0.0667. The molecule has 0 spiro atoms. The summed E-state index contributed by atoms with van der Waals surface area (Å²) in [6, 6.07) is 8.04. The molecule has 0 atom stereocenters. The van der Waals surface area contributed by atoms with Gasteiger partial charge in [0.2, 0.25) is 0 Å². The maximum atomic E-state index is 13.8. The van der Waals surface area contributed by atoms with Gasteiger partial charge >= 0.3 is 0 Å². The molecule has 0 amide bonds. The van der Waals surface area contributed by atoms with E-state index in [1.54, 1.807) is 0 Å². The number of benzene rings is 2. The number of nitro benzene ring substituents is 1. The summed E-state index contributed by atoms with van der Waals surface area (Å²) in [6.07, 6.45) is 1.22. The van der Waals surface area contributed by atoms with Gasteiger partial charge in [-0.05, 0) is 18.2 Å². The molecule has 116 valence electrons. The van der Waals surface area contributed by atoms with E-state index < -0.39 is 16.3 Å². The number of nitro groups is 1. The van der Waals surface area contributed by atoms with Crippen molar-refractivity contribution in [2.75, 3.05) is 0 Å². The number of hydrogen-bond donors (Lipinski definition) is 0. The first-order chi connectivity index (χ1) is 11.0. The Kier molecular flexibility index (Phi) is 3.79. The second-order valence-electron chi connectivity index (χ2n) is 4.84. The molecule has 1 heterocycles. The summed E-state index contributed by atoms with van der Waals surface area (Å²) in [5, 5.41) is 11.2. The highest BCUT2D eigenvalue weighted by molar-refractivity contribution is 6.31. The molecule has 0 unspecified atom stereocenters. The van der Waals surface area contributed by atoms with E-state index >= 15 is 0 Å². The lowest BCUT2D eigenvalue weighted by Gasteiger charge is -2.09. The molecule has 0 saturated carbocycles. The lowest BCUT2D eigenvalue weighted by atomic mass is 10.2. The second kappa shape index (κ2) is 5.77. The van der Waals surface area contributed by atoms with Crippen LogP contribution in [0.15, 0.2) is 47.5 Å². The van der Waals surface area contributed by atoms with Crippen molar-refractivity contribution >= 4 is 28.2 Å². The summed E-state index contributed by atoms with van der Waals surface area (Å²) in [6.45, 7) is -0.0791. The van der Waals surface area contributed by atoms with Gasteiger partial charge in [-0.25, -0.2) is 9.37 Å². The van der Waals surface area contributed by atoms with Crippen LogP contribution in [-0.4, -0.2) is 14.5 Å². The Morgan fingerprint density at radius 3 is 2.78 bits per heavy atom. The molecule has 0 bridgehead atoms. The lowest BCUT2D eigenvalue weighted by Crippen LogP contribution is -2.21. The van der Waals surface area contributed by atoms with Gasteiger partial charge in [-0.1, -0.05) is 17.7 Å². The zero-order valence-corrected chi connectivity index (χ0v) is 12.3. The number of aromatic nitrogens is 2. The van der Waals surface area contributed by atoms with Crippen molar-refractivity contribution in [1.82, 2.24) is 9.55 Å². The molecule has 23 heavy (non-hydrogen) atoms. The Bertz CT molecular complexity index is 967. The first-order valence-corrected chi connectivity index (χ1v) is 6.91. The smallest absolute Gasteiger partial charge is 0.271 e. The maximum absolute atomic E-state index is 13.8. The van der Waals surface area contributed by atoms with Crippen LogP contribution in [0.4, 0.5) is 10.1 Å². The van der Waals surface area contributed by atoms with Crippen molar-refractivity contribution in [1.29, 1.82) is 0 Å². The minimum Gasteiger partial charge on any atom is -0.294 e. The highest BCUT2D eigenvalue weighted by Gasteiger charge is 2.13. The van der Waals surface area contributed by atoms with Crippen LogP contribution < -0.4 is 5.56 Å². The van der Waals surface area contributed by atoms with Gasteiger partial charge in [0.05, 0.1) is 28.7 Å². The van der Waals surface area contributed by atoms with E-state index in [-0.39, 0.29) is 33.7 Å². The monoisotopic (exact) mass is 333 g/mol. The van der Waals surface area contributed by atoms with Crippen molar-refractivity contribution < 1.29 is 9.31 Å². The van der Waals surface area contributed by atoms with Crippen molar-refractivity contribution in [2.24, 2.45) is 0 Å². The fourth-order valence-corrected chi connectivity index (χ4v) is 2.45. The van der Waals surface area contributed by atoms with Gasteiger partial charge in [0.15, 0.2) is 0 Å². The van der Waals surface area contributed by atoms with Crippen LogP contribution in [0, 0.1) is 15.9 Å². The van der Waals surface area contributed by atoms with E-state index in [4.69, 9.17) is 11.6 Å². The molecular formula is C15H9ClFN3O3. The fourth-order valence-electron chi connectivity index (χ4n) is 2.23. The molecule has 8 heteroatoms. The zero-order valence-electron chi connectivity index (χ0n) is 11.6. The lowest BCUT2D eigenvalue weighted by molar-refractivity contribution is -0.384. The minimum atomic E-state index is -0.564. The molecule has 0 aliphatic carbocycles.